The lowest BCUT2D eigenvalue weighted by Gasteiger charge is -2.43. The van der Waals surface area contributed by atoms with E-state index < -0.39 is 22.8 Å². The van der Waals surface area contributed by atoms with Crippen LogP contribution >= 0.6 is 0 Å². The highest BCUT2D eigenvalue weighted by atomic mass is 16.5. The third kappa shape index (κ3) is 11.5. The van der Waals surface area contributed by atoms with Crippen molar-refractivity contribution < 1.29 is 28.7 Å². The van der Waals surface area contributed by atoms with E-state index in [1.165, 1.54) is 4.57 Å². The molecule has 2 aromatic carbocycles. The molecule has 1 atom stereocenters. The van der Waals surface area contributed by atoms with Crippen molar-refractivity contribution in [2.24, 2.45) is 10.8 Å². The van der Waals surface area contributed by atoms with E-state index in [1.807, 2.05) is 74.3 Å². The van der Waals surface area contributed by atoms with Gasteiger partial charge < -0.3 is 29.5 Å². The molecule has 3 aliphatic heterocycles. The molecule has 2 aromatic heterocycles. The number of likely N-dealkylation sites (tertiary alicyclic amines) is 2. The molecule has 0 aliphatic carbocycles. The molecule has 0 saturated carbocycles. The summed E-state index contributed by atoms with van der Waals surface area (Å²) in [6.07, 6.45) is 9.76. The summed E-state index contributed by atoms with van der Waals surface area (Å²) in [4.78, 5) is 77.4. The van der Waals surface area contributed by atoms with Gasteiger partial charge in [0.05, 0.1) is 21.9 Å². The van der Waals surface area contributed by atoms with Crippen molar-refractivity contribution in [1.29, 1.82) is 0 Å². The maximum atomic E-state index is 14.6. The Balaban J connectivity index is 1.06. The summed E-state index contributed by atoms with van der Waals surface area (Å²) in [5.41, 5.74) is 2.13. The molecule has 360 valence electrons. The molecule has 4 aromatic rings. The molecule has 7 rings (SSSR count). The van der Waals surface area contributed by atoms with E-state index in [0.29, 0.717) is 69.0 Å². The first-order chi connectivity index (χ1) is 32.0. The highest BCUT2D eigenvalue weighted by molar-refractivity contribution is 5.88. The number of nitrogens with one attached hydrogen (secondary N) is 1. The molecule has 0 unspecified atom stereocenters. The number of piperidine rings is 2. The van der Waals surface area contributed by atoms with Crippen molar-refractivity contribution in [1.82, 2.24) is 39.3 Å². The smallest absolute Gasteiger partial charge is 0.318 e. The molecule has 1 N–H and O–H groups in total. The number of benzene rings is 2. The lowest BCUT2D eigenvalue weighted by Crippen LogP contribution is -2.59. The van der Waals surface area contributed by atoms with Crippen LogP contribution in [0.15, 0.2) is 78.8 Å². The van der Waals surface area contributed by atoms with Gasteiger partial charge in [-0.15, -0.1) is 13.2 Å². The van der Waals surface area contributed by atoms with Crippen molar-refractivity contribution >= 4 is 45.7 Å². The van der Waals surface area contributed by atoms with Gasteiger partial charge in [0, 0.05) is 68.9 Å². The number of ether oxygens (including phenoxy) is 2. The van der Waals surface area contributed by atoms with Crippen LogP contribution in [0.4, 0.5) is 4.79 Å². The number of esters is 2. The summed E-state index contributed by atoms with van der Waals surface area (Å²) in [5, 5.41) is 9.56. The first-order valence-electron chi connectivity index (χ1n) is 23.9. The van der Waals surface area contributed by atoms with Crippen LogP contribution in [0.2, 0.25) is 0 Å². The van der Waals surface area contributed by atoms with Crippen LogP contribution in [0.1, 0.15) is 88.8 Å². The third-order valence-corrected chi connectivity index (χ3v) is 14.1. The number of hydrogen-bond donors (Lipinski definition) is 1. The van der Waals surface area contributed by atoms with Crippen molar-refractivity contribution in [3.8, 4) is 0 Å². The monoisotopic (exact) mass is 919 g/mol. The van der Waals surface area contributed by atoms with E-state index in [0.717, 1.165) is 66.4 Å². The number of amides is 3. The normalized spacial score (nSPS) is 17.6. The predicted molar refractivity (Wildman–Crippen MR) is 260 cm³/mol. The Morgan fingerprint density at radius 1 is 0.806 bits per heavy atom. The van der Waals surface area contributed by atoms with Crippen molar-refractivity contribution in [3.63, 3.8) is 0 Å². The Labute approximate surface area is 394 Å². The number of nitrogens with zero attached hydrogens (tertiary/aromatic N) is 7. The maximum Gasteiger partial charge on any atom is 0.318 e. The van der Waals surface area contributed by atoms with E-state index in [9.17, 15) is 24.0 Å². The number of hydrogen-bond acceptors (Lipinski definition) is 10. The van der Waals surface area contributed by atoms with E-state index in [1.54, 1.807) is 35.6 Å². The molecule has 3 saturated heterocycles. The molecule has 67 heavy (non-hydrogen) atoms. The summed E-state index contributed by atoms with van der Waals surface area (Å²) < 4.78 is 14.5. The quantitative estimate of drug-likeness (QED) is 0.0962. The standard InChI is InChI=1S/C52H70N8O7/c1-9-19-51(4,5)48(63)66-34-59-33-40-30-37(29-36(3)45(40)54-59)31-43(47(62)57-27-25-56(26-28-57)41-17-21-55(8)22-18-41)53-50(65)58-23-15-38(16-24-58)42-32-39-13-11-12-14-44(39)60(46(42)61)35-67-49(64)52(6,7)20-10-2/h9-14,29-30,32-33,38,41,43H,1-2,15-28,31,34-35H2,3-8H3,(H,53,65)/t43-/m1/s1. The highest BCUT2D eigenvalue weighted by Crippen LogP contribution is 2.30. The number of allylic oxidation sites excluding steroid dienone is 2. The number of rotatable bonds is 16. The van der Waals surface area contributed by atoms with E-state index >= 15 is 0 Å². The summed E-state index contributed by atoms with van der Waals surface area (Å²) >= 11 is 0. The molecule has 3 aliphatic rings. The number of fused-ring (bicyclic) bond motifs is 2. The maximum absolute atomic E-state index is 14.6. The number of pyridine rings is 1. The van der Waals surface area contributed by atoms with Crippen LogP contribution < -0.4 is 10.9 Å². The van der Waals surface area contributed by atoms with Gasteiger partial charge in [0.1, 0.15) is 6.04 Å². The van der Waals surface area contributed by atoms with Gasteiger partial charge in [0.2, 0.25) is 5.91 Å². The molecular weight excluding hydrogens is 849 g/mol. The summed E-state index contributed by atoms with van der Waals surface area (Å²) in [7, 11) is 2.16. The first kappa shape index (κ1) is 49.1. The van der Waals surface area contributed by atoms with Gasteiger partial charge in [-0.05, 0) is 134 Å². The zero-order chi connectivity index (χ0) is 48.0. The van der Waals surface area contributed by atoms with Crippen LogP contribution in [0.3, 0.4) is 0 Å². The fourth-order valence-corrected chi connectivity index (χ4v) is 9.88. The van der Waals surface area contributed by atoms with Crippen molar-refractivity contribution in [2.45, 2.75) is 111 Å². The van der Waals surface area contributed by atoms with Gasteiger partial charge in [-0.25, -0.2) is 9.48 Å². The van der Waals surface area contributed by atoms with Gasteiger partial charge in [-0.1, -0.05) is 36.4 Å². The molecule has 3 fully saturated rings. The van der Waals surface area contributed by atoms with E-state index in [-0.39, 0.29) is 49.3 Å². The van der Waals surface area contributed by atoms with E-state index in [4.69, 9.17) is 14.6 Å². The molecular formula is C52H70N8O7. The third-order valence-electron chi connectivity index (χ3n) is 14.1. The molecule has 15 heteroatoms. The van der Waals surface area contributed by atoms with Crippen LogP contribution in [0, 0.1) is 17.8 Å². The van der Waals surface area contributed by atoms with E-state index in [2.05, 4.69) is 35.3 Å². The fourth-order valence-electron chi connectivity index (χ4n) is 9.88. The van der Waals surface area contributed by atoms with Gasteiger partial charge in [-0.2, -0.15) is 5.10 Å². The summed E-state index contributed by atoms with van der Waals surface area (Å²) in [6.45, 7) is 22.1. The minimum absolute atomic E-state index is 0.0401. The second-order valence-electron chi connectivity index (χ2n) is 20.1. The topological polar surface area (TPSA) is 152 Å². The zero-order valence-electron chi connectivity index (χ0n) is 40.4. The molecule has 0 bridgehead atoms. The zero-order valence-corrected chi connectivity index (χ0v) is 40.4. The second kappa shape index (κ2) is 21.0. The van der Waals surface area contributed by atoms with Crippen LogP contribution in [-0.2, 0) is 43.7 Å². The number of urea groups is 1. The summed E-state index contributed by atoms with van der Waals surface area (Å²) in [5.74, 6) is -0.991. The fraction of sp³-hybridized carbons (Fsp3) is 0.538. The second-order valence-corrected chi connectivity index (χ2v) is 20.1. The Hall–Kier alpha value is -5.80. The number of aryl methyl sites for hydroxylation is 1. The average Bonchev–Trinajstić information content (AvgIpc) is 3.73. The first-order valence-corrected chi connectivity index (χ1v) is 23.9. The highest BCUT2D eigenvalue weighted by Gasteiger charge is 2.35. The van der Waals surface area contributed by atoms with Gasteiger partial charge in [0.15, 0.2) is 13.5 Å². The number of para-hydroxylation sites is 1. The largest absolute Gasteiger partial charge is 0.443 e. The number of carbonyl (C=O) groups is 4. The number of carbonyl (C=O) groups excluding carboxylic acids is 4. The van der Waals surface area contributed by atoms with Crippen LogP contribution in [0.5, 0.6) is 0 Å². The summed E-state index contributed by atoms with van der Waals surface area (Å²) in [6, 6.07) is 12.9. The number of aromatic nitrogens is 3. The Bertz CT molecular complexity index is 2520. The lowest BCUT2D eigenvalue weighted by molar-refractivity contribution is -0.158. The predicted octanol–water partition coefficient (Wildman–Crippen LogP) is 6.60. The minimum atomic E-state index is -0.827. The molecule has 15 nitrogen and oxygen atoms in total. The lowest BCUT2D eigenvalue weighted by atomic mass is 9.89. The van der Waals surface area contributed by atoms with Crippen molar-refractivity contribution in [2.75, 3.05) is 59.4 Å². The molecule has 0 radical (unpaired) electrons. The van der Waals surface area contributed by atoms with Crippen LogP contribution in [0.25, 0.3) is 21.8 Å². The molecule has 3 amide bonds. The van der Waals surface area contributed by atoms with Crippen LogP contribution in [-0.4, -0.2) is 129 Å². The average molecular weight is 919 g/mol. The van der Waals surface area contributed by atoms with Gasteiger partial charge in [-0.3, -0.25) is 28.6 Å². The van der Waals surface area contributed by atoms with Gasteiger partial charge in [0.25, 0.3) is 5.56 Å². The van der Waals surface area contributed by atoms with Crippen molar-refractivity contribution in [3.05, 3.63) is 101 Å². The molecule has 5 heterocycles. The Kier molecular flexibility index (Phi) is 15.4. The SMILES string of the molecule is C=CCC(C)(C)C(=O)OCn1cc2cc(C[C@@H](NC(=O)N3CCC(c4cc5ccccc5n(COC(=O)C(C)(C)CC=C)c4=O)CC3)C(=O)N3CCN(C4CCN(C)CC4)CC3)cc(C)c2n1. The molecule has 0 spiro atoms. The number of piperazine rings is 1. The Morgan fingerprint density at radius 3 is 2.07 bits per heavy atom. The van der Waals surface area contributed by atoms with Gasteiger partial charge >= 0.3 is 18.0 Å². The Morgan fingerprint density at radius 2 is 1.43 bits per heavy atom. The minimum Gasteiger partial charge on any atom is -0.443 e.